The topological polar surface area (TPSA) is 86.7 Å². The molecule has 0 aromatic carbocycles. The molecule has 0 aromatic rings. The van der Waals surface area contributed by atoms with E-state index in [1.807, 2.05) is 0 Å². The van der Waals surface area contributed by atoms with Gasteiger partial charge in [0.05, 0.1) is 6.42 Å². The fraction of sp³-hybridized carbons (Fsp3) is 0.786. The first-order valence-electron chi connectivity index (χ1n) is 7.31. The van der Waals surface area contributed by atoms with Crippen molar-refractivity contribution in [2.45, 2.75) is 51.4 Å². The first-order valence-corrected chi connectivity index (χ1v) is 7.31. The minimum Gasteiger partial charge on any atom is -0.481 e. The van der Waals surface area contributed by atoms with E-state index in [0.29, 0.717) is 13.1 Å². The van der Waals surface area contributed by atoms with Crippen LogP contribution in [0.5, 0.6) is 0 Å². The number of likely N-dealkylation sites (tertiary alicyclic amines) is 1. The van der Waals surface area contributed by atoms with E-state index in [1.165, 1.54) is 0 Å². The Morgan fingerprint density at radius 3 is 2.15 bits per heavy atom. The maximum absolute atomic E-state index is 12.0. The molecule has 2 N–H and O–H groups in total. The highest BCUT2D eigenvalue weighted by atomic mass is 16.4. The quantitative estimate of drug-likeness (QED) is 0.822. The minimum absolute atomic E-state index is 0.0122. The second kappa shape index (κ2) is 6.24. The summed E-state index contributed by atoms with van der Waals surface area (Å²) in [7, 11) is 0. The standard InChI is InChI=1S/C14H22N2O4/c17-11(15-13(20)16-7-3-4-8-16)9-14(10-12(18)19)5-1-2-6-14/h1-10H2,(H,18,19)(H,15,17,20). The van der Waals surface area contributed by atoms with Crippen LogP contribution < -0.4 is 5.32 Å². The number of carbonyl (C=O) groups is 3. The molecule has 6 nitrogen and oxygen atoms in total. The summed E-state index contributed by atoms with van der Waals surface area (Å²) in [5, 5.41) is 11.4. The molecule has 2 fully saturated rings. The third-order valence-corrected chi connectivity index (χ3v) is 4.37. The van der Waals surface area contributed by atoms with Gasteiger partial charge < -0.3 is 10.0 Å². The third kappa shape index (κ3) is 3.71. The number of imide groups is 1. The van der Waals surface area contributed by atoms with E-state index in [9.17, 15) is 14.4 Å². The van der Waals surface area contributed by atoms with Crippen LogP contribution >= 0.6 is 0 Å². The molecule has 1 aliphatic carbocycles. The molecular weight excluding hydrogens is 260 g/mol. The van der Waals surface area contributed by atoms with Gasteiger partial charge in [-0.1, -0.05) is 12.8 Å². The van der Waals surface area contributed by atoms with Crippen LogP contribution in [0.25, 0.3) is 0 Å². The lowest BCUT2D eigenvalue weighted by Crippen LogP contribution is -2.43. The lowest BCUT2D eigenvalue weighted by Gasteiger charge is -2.26. The van der Waals surface area contributed by atoms with Gasteiger partial charge in [-0.25, -0.2) is 4.79 Å². The molecule has 0 spiro atoms. The number of urea groups is 1. The van der Waals surface area contributed by atoms with Crippen LogP contribution in [0.1, 0.15) is 51.4 Å². The Morgan fingerprint density at radius 1 is 1.00 bits per heavy atom. The van der Waals surface area contributed by atoms with E-state index in [-0.39, 0.29) is 24.8 Å². The highest BCUT2D eigenvalue weighted by Gasteiger charge is 2.38. The zero-order chi connectivity index (χ0) is 14.6. The van der Waals surface area contributed by atoms with Crippen molar-refractivity contribution in [2.75, 3.05) is 13.1 Å². The van der Waals surface area contributed by atoms with E-state index in [2.05, 4.69) is 5.32 Å². The number of carbonyl (C=O) groups excluding carboxylic acids is 2. The zero-order valence-corrected chi connectivity index (χ0v) is 11.7. The summed E-state index contributed by atoms with van der Waals surface area (Å²) < 4.78 is 0. The first kappa shape index (κ1) is 14.8. The van der Waals surface area contributed by atoms with Gasteiger partial charge in [0, 0.05) is 19.5 Å². The largest absolute Gasteiger partial charge is 0.481 e. The Labute approximate surface area is 118 Å². The lowest BCUT2D eigenvalue weighted by molar-refractivity contribution is -0.140. The van der Waals surface area contributed by atoms with E-state index < -0.39 is 11.4 Å². The molecule has 0 atom stereocenters. The maximum Gasteiger partial charge on any atom is 0.324 e. The van der Waals surface area contributed by atoms with Crippen LogP contribution in [0.4, 0.5) is 4.79 Å². The molecule has 20 heavy (non-hydrogen) atoms. The van der Waals surface area contributed by atoms with E-state index in [4.69, 9.17) is 5.11 Å². The predicted molar refractivity (Wildman–Crippen MR) is 72.1 cm³/mol. The molecular formula is C14H22N2O4. The Morgan fingerprint density at radius 2 is 1.60 bits per heavy atom. The van der Waals surface area contributed by atoms with Gasteiger partial charge in [-0.15, -0.1) is 0 Å². The molecule has 1 saturated carbocycles. The van der Waals surface area contributed by atoms with Crippen molar-refractivity contribution in [3.63, 3.8) is 0 Å². The predicted octanol–water partition coefficient (Wildman–Crippen LogP) is 1.74. The van der Waals surface area contributed by atoms with Gasteiger partial charge in [0.2, 0.25) is 5.91 Å². The van der Waals surface area contributed by atoms with Crippen molar-refractivity contribution in [3.8, 4) is 0 Å². The SMILES string of the molecule is O=C(O)CC1(CC(=O)NC(=O)N2CCCC2)CCCC1. The fourth-order valence-corrected chi connectivity index (χ4v) is 3.37. The van der Waals surface area contributed by atoms with Gasteiger partial charge in [0.25, 0.3) is 0 Å². The molecule has 1 aliphatic heterocycles. The Hall–Kier alpha value is -1.59. The number of nitrogens with zero attached hydrogens (tertiary/aromatic N) is 1. The van der Waals surface area contributed by atoms with Gasteiger partial charge in [0.15, 0.2) is 0 Å². The number of nitrogens with one attached hydrogen (secondary N) is 1. The number of aliphatic carboxylic acids is 1. The molecule has 6 heteroatoms. The molecule has 0 bridgehead atoms. The second-order valence-electron chi connectivity index (χ2n) is 6.00. The van der Waals surface area contributed by atoms with Crippen LogP contribution in [0.3, 0.4) is 0 Å². The number of rotatable bonds is 4. The van der Waals surface area contributed by atoms with Crippen LogP contribution in [0.2, 0.25) is 0 Å². The molecule has 2 aliphatic rings. The molecule has 112 valence electrons. The summed E-state index contributed by atoms with van der Waals surface area (Å²) in [6.07, 6.45) is 5.53. The molecule has 2 rings (SSSR count). The Bertz CT molecular complexity index is 396. The molecule has 3 amide bonds. The van der Waals surface area contributed by atoms with E-state index in [0.717, 1.165) is 38.5 Å². The number of carboxylic acids is 1. The molecule has 0 unspecified atom stereocenters. The molecule has 1 saturated heterocycles. The minimum atomic E-state index is -0.870. The van der Waals surface area contributed by atoms with Gasteiger partial charge in [-0.05, 0) is 31.1 Å². The first-order chi connectivity index (χ1) is 9.51. The highest BCUT2D eigenvalue weighted by Crippen LogP contribution is 2.43. The smallest absolute Gasteiger partial charge is 0.324 e. The van der Waals surface area contributed by atoms with Crippen LogP contribution in [-0.2, 0) is 9.59 Å². The van der Waals surface area contributed by atoms with Gasteiger partial charge in [0.1, 0.15) is 0 Å². The van der Waals surface area contributed by atoms with Crippen molar-refractivity contribution in [1.29, 1.82) is 0 Å². The van der Waals surface area contributed by atoms with E-state index >= 15 is 0 Å². The fourth-order valence-electron chi connectivity index (χ4n) is 3.37. The molecule has 0 radical (unpaired) electrons. The number of carboxylic acid groups (broad SMARTS) is 1. The van der Waals surface area contributed by atoms with Crippen molar-refractivity contribution < 1.29 is 19.5 Å². The summed E-state index contributed by atoms with van der Waals surface area (Å²) in [4.78, 5) is 36.4. The zero-order valence-electron chi connectivity index (χ0n) is 11.7. The van der Waals surface area contributed by atoms with Gasteiger partial charge in [-0.3, -0.25) is 14.9 Å². The van der Waals surface area contributed by atoms with Crippen molar-refractivity contribution in [2.24, 2.45) is 5.41 Å². The van der Waals surface area contributed by atoms with Crippen LogP contribution in [0.15, 0.2) is 0 Å². The number of hydrogen-bond acceptors (Lipinski definition) is 3. The second-order valence-corrected chi connectivity index (χ2v) is 6.00. The number of hydrogen-bond donors (Lipinski definition) is 2. The van der Waals surface area contributed by atoms with Crippen LogP contribution in [0, 0.1) is 5.41 Å². The monoisotopic (exact) mass is 282 g/mol. The van der Waals surface area contributed by atoms with E-state index in [1.54, 1.807) is 4.90 Å². The third-order valence-electron chi connectivity index (χ3n) is 4.37. The number of amides is 3. The summed E-state index contributed by atoms with van der Waals surface area (Å²) in [6.45, 7) is 1.39. The Balaban J connectivity index is 1.88. The van der Waals surface area contributed by atoms with Crippen molar-refractivity contribution in [3.05, 3.63) is 0 Å². The summed E-state index contributed by atoms with van der Waals surface area (Å²) in [5.74, 6) is -1.21. The van der Waals surface area contributed by atoms with Crippen LogP contribution in [-0.4, -0.2) is 41.0 Å². The summed E-state index contributed by atoms with van der Waals surface area (Å²) >= 11 is 0. The van der Waals surface area contributed by atoms with Crippen molar-refractivity contribution in [1.82, 2.24) is 10.2 Å². The summed E-state index contributed by atoms with van der Waals surface area (Å²) in [6, 6.07) is -0.337. The van der Waals surface area contributed by atoms with Gasteiger partial charge in [-0.2, -0.15) is 0 Å². The highest BCUT2D eigenvalue weighted by molar-refractivity contribution is 5.94. The lowest BCUT2D eigenvalue weighted by atomic mass is 9.79. The molecule has 0 aromatic heterocycles. The average Bonchev–Trinajstić information content (AvgIpc) is 2.98. The summed E-state index contributed by atoms with van der Waals surface area (Å²) in [5.41, 5.74) is -0.457. The average molecular weight is 282 g/mol. The maximum atomic E-state index is 12.0. The Kier molecular flexibility index (Phi) is 4.62. The molecule has 1 heterocycles. The normalized spacial score (nSPS) is 20.9. The van der Waals surface area contributed by atoms with Gasteiger partial charge >= 0.3 is 12.0 Å². The van der Waals surface area contributed by atoms with Crippen molar-refractivity contribution >= 4 is 17.9 Å².